The average Bonchev–Trinajstić information content (AvgIpc) is 2.35. The summed E-state index contributed by atoms with van der Waals surface area (Å²) in [6, 6.07) is 9.17. The Hall–Kier alpha value is -0.510. The lowest BCUT2D eigenvalue weighted by molar-refractivity contribution is 0.0837. The van der Waals surface area contributed by atoms with Gasteiger partial charge in [0.05, 0.1) is 6.61 Å². The van der Waals surface area contributed by atoms with Gasteiger partial charge in [0.2, 0.25) is 0 Å². The minimum absolute atomic E-state index is 0.532. The highest BCUT2D eigenvalue weighted by Gasteiger charge is 2.26. The zero-order valence-electron chi connectivity index (χ0n) is 10.6. The summed E-state index contributed by atoms with van der Waals surface area (Å²) >= 11 is 1.95. The molecule has 0 spiro atoms. The van der Waals surface area contributed by atoms with E-state index >= 15 is 0 Å². The van der Waals surface area contributed by atoms with Gasteiger partial charge in [0.1, 0.15) is 0 Å². The molecule has 0 bridgehead atoms. The van der Waals surface area contributed by atoms with E-state index in [9.17, 15) is 0 Å². The van der Waals surface area contributed by atoms with E-state index in [2.05, 4.69) is 43.4 Å². The van der Waals surface area contributed by atoms with Gasteiger partial charge in [-0.1, -0.05) is 25.1 Å². The maximum Gasteiger partial charge on any atom is 0.0603 e. The molecule has 0 aromatic heterocycles. The SMILES string of the molecule is CCNC1CCOCC1Sc1ccccc1C. The number of ether oxygens (including phenoxy) is 1. The molecular weight excluding hydrogens is 230 g/mol. The monoisotopic (exact) mass is 251 g/mol. The van der Waals surface area contributed by atoms with Crippen LogP contribution in [0.2, 0.25) is 0 Å². The van der Waals surface area contributed by atoms with Crippen LogP contribution >= 0.6 is 11.8 Å². The van der Waals surface area contributed by atoms with Crippen LogP contribution in [0, 0.1) is 6.92 Å². The fourth-order valence-corrected chi connectivity index (χ4v) is 3.47. The van der Waals surface area contributed by atoms with Gasteiger partial charge in [-0.3, -0.25) is 0 Å². The molecule has 1 aliphatic rings. The Morgan fingerprint density at radius 2 is 2.24 bits per heavy atom. The first-order valence-electron chi connectivity index (χ1n) is 6.34. The topological polar surface area (TPSA) is 21.3 Å². The third kappa shape index (κ3) is 3.47. The van der Waals surface area contributed by atoms with Crippen molar-refractivity contribution in [1.82, 2.24) is 5.32 Å². The molecule has 2 atom stereocenters. The van der Waals surface area contributed by atoms with Crippen molar-refractivity contribution >= 4 is 11.8 Å². The normalized spacial score (nSPS) is 24.8. The average molecular weight is 251 g/mol. The Morgan fingerprint density at radius 3 is 3.00 bits per heavy atom. The second-order valence-corrected chi connectivity index (χ2v) is 5.73. The van der Waals surface area contributed by atoms with Crippen molar-refractivity contribution < 1.29 is 4.74 Å². The number of aryl methyl sites for hydroxylation is 1. The molecule has 3 heteroatoms. The van der Waals surface area contributed by atoms with Gasteiger partial charge < -0.3 is 10.1 Å². The summed E-state index contributed by atoms with van der Waals surface area (Å²) in [5.41, 5.74) is 1.36. The van der Waals surface area contributed by atoms with Crippen LogP contribution in [0.3, 0.4) is 0 Å². The van der Waals surface area contributed by atoms with Crippen molar-refractivity contribution in [3.8, 4) is 0 Å². The van der Waals surface area contributed by atoms with Gasteiger partial charge in [-0.25, -0.2) is 0 Å². The highest BCUT2D eigenvalue weighted by atomic mass is 32.2. The van der Waals surface area contributed by atoms with Crippen LogP contribution in [0.5, 0.6) is 0 Å². The number of rotatable bonds is 4. The van der Waals surface area contributed by atoms with Crippen molar-refractivity contribution in [3.63, 3.8) is 0 Å². The van der Waals surface area contributed by atoms with Crippen LogP contribution in [0.1, 0.15) is 18.9 Å². The van der Waals surface area contributed by atoms with Gasteiger partial charge in [0, 0.05) is 22.8 Å². The van der Waals surface area contributed by atoms with Gasteiger partial charge in [0.15, 0.2) is 0 Å². The molecule has 1 saturated heterocycles. The summed E-state index contributed by atoms with van der Waals surface area (Å²) in [6.45, 7) is 7.13. The van der Waals surface area contributed by atoms with E-state index in [0.29, 0.717) is 11.3 Å². The molecule has 1 aromatic carbocycles. The molecule has 0 amide bonds. The van der Waals surface area contributed by atoms with Crippen molar-refractivity contribution in [2.45, 2.75) is 36.5 Å². The highest BCUT2D eigenvalue weighted by Crippen LogP contribution is 2.30. The van der Waals surface area contributed by atoms with E-state index in [1.54, 1.807) is 0 Å². The molecule has 1 heterocycles. The summed E-state index contributed by atoms with van der Waals surface area (Å²) in [4.78, 5) is 1.38. The van der Waals surface area contributed by atoms with E-state index in [1.165, 1.54) is 10.5 Å². The summed E-state index contributed by atoms with van der Waals surface area (Å²) in [5, 5.41) is 4.11. The molecule has 2 unspecified atom stereocenters. The number of thioether (sulfide) groups is 1. The molecule has 0 radical (unpaired) electrons. The Balaban J connectivity index is 2.03. The van der Waals surface area contributed by atoms with E-state index in [-0.39, 0.29) is 0 Å². The van der Waals surface area contributed by atoms with Crippen LogP contribution in [0.25, 0.3) is 0 Å². The molecule has 0 aliphatic carbocycles. The molecule has 2 nitrogen and oxygen atoms in total. The summed E-state index contributed by atoms with van der Waals surface area (Å²) < 4.78 is 5.61. The first kappa shape index (κ1) is 12.9. The van der Waals surface area contributed by atoms with E-state index < -0.39 is 0 Å². The molecule has 94 valence electrons. The first-order valence-corrected chi connectivity index (χ1v) is 7.22. The van der Waals surface area contributed by atoms with Gasteiger partial charge >= 0.3 is 0 Å². The minimum atomic E-state index is 0.532. The summed E-state index contributed by atoms with van der Waals surface area (Å²) in [7, 11) is 0. The predicted octanol–water partition coefficient (Wildman–Crippen LogP) is 2.85. The molecule has 1 N–H and O–H groups in total. The van der Waals surface area contributed by atoms with E-state index in [0.717, 1.165) is 26.2 Å². The Morgan fingerprint density at radius 1 is 1.41 bits per heavy atom. The predicted molar refractivity (Wildman–Crippen MR) is 73.7 cm³/mol. The van der Waals surface area contributed by atoms with Crippen LogP contribution in [0.4, 0.5) is 0 Å². The van der Waals surface area contributed by atoms with Gasteiger partial charge in [-0.2, -0.15) is 0 Å². The zero-order chi connectivity index (χ0) is 12.1. The van der Waals surface area contributed by atoms with Crippen molar-refractivity contribution in [2.24, 2.45) is 0 Å². The van der Waals surface area contributed by atoms with Crippen molar-refractivity contribution in [3.05, 3.63) is 29.8 Å². The number of hydrogen-bond acceptors (Lipinski definition) is 3. The molecular formula is C14H21NOS. The number of nitrogens with one attached hydrogen (secondary N) is 1. The Labute approximate surface area is 108 Å². The second-order valence-electron chi connectivity index (χ2n) is 4.45. The molecule has 1 fully saturated rings. The van der Waals surface area contributed by atoms with Crippen LogP contribution in [-0.4, -0.2) is 31.1 Å². The van der Waals surface area contributed by atoms with E-state index in [4.69, 9.17) is 4.74 Å². The Bertz CT molecular complexity index is 354. The lowest BCUT2D eigenvalue weighted by Crippen LogP contribution is -2.44. The summed E-state index contributed by atoms with van der Waals surface area (Å²) in [5.74, 6) is 0. The van der Waals surface area contributed by atoms with Crippen LogP contribution < -0.4 is 5.32 Å². The lowest BCUT2D eigenvalue weighted by atomic mass is 10.1. The quantitative estimate of drug-likeness (QED) is 0.889. The van der Waals surface area contributed by atoms with E-state index in [1.807, 2.05) is 11.8 Å². The largest absolute Gasteiger partial charge is 0.380 e. The fourth-order valence-electron chi connectivity index (χ4n) is 2.18. The lowest BCUT2D eigenvalue weighted by Gasteiger charge is -2.31. The molecule has 1 aromatic rings. The molecule has 1 aliphatic heterocycles. The van der Waals surface area contributed by atoms with Crippen LogP contribution in [0.15, 0.2) is 29.2 Å². The fraction of sp³-hybridized carbons (Fsp3) is 0.571. The maximum atomic E-state index is 5.61. The molecule has 0 saturated carbocycles. The van der Waals surface area contributed by atoms with Crippen molar-refractivity contribution in [1.29, 1.82) is 0 Å². The third-order valence-electron chi connectivity index (χ3n) is 3.14. The van der Waals surface area contributed by atoms with Crippen molar-refractivity contribution in [2.75, 3.05) is 19.8 Å². The first-order chi connectivity index (χ1) is 8.31. The third-order valence-corrected chi connectivity index (χ3v) is 4.62. The van der Waals surface area contributed by atoms with Crippen LogP contribution in [-0.2, 0) is 4.74 Å². The maximum absolute atomic E-state index is 5.61. The van der Waals surface area contributed by atoms with Gasteiger partial charge in [-0.15, -0.1) is 11.8 Å². The molecule has 2 rings (SSSR count). The number of hydrogen-bond donors (Lipinski definition) is 1. The second kappa shape index (κ2) is 6.43. The number of benzene rings is 1. The summed E-state index contributed by atoms with van der Waals surface area (Å²) in [6.07, 6.45) is 1.12. The zero-order valence-corrected chi connectivity index (χ0v) is 11.4. The Kier molecular flexibility index (Phi) is 4.89. The highest BCUT2D eigenvalue weighted by molar-refractivity contribution is 8.00. The van der Waals surface area contributed by atoms with Gasteiger partial charge in [-0.05, 0) is 31.5 Å². The molecule has 17 heavy (non-hydrogen) atoms. The standard InChI is InChI=1S/C14H21NOS/c1-3-15-12-8-9-16-10-14(12)17-13-7-5-4-6-11(13)2/h4-7,12,14-15H,3,8-10H2,1-2H3. The minimum Gasteiger partial charge on any atom is -0.380 e. The van der Waals surface area contributed by atoms with Gasteiger partial charge in [0.25, 0.3) is 0 Å². The smallest absolute Gasteiger partial charge is 0.0603 e.